The van der Waals surface area contributed by atoms with Crippen LogP contribution in [0.4, 0.5) is 0 Å². The quantitative estimate of drug-likeness (QED) is 0.823. The lowest BCUT2D eigenvalue weighted by Crippen LogP contribution is -2.42. The molecule has 0 spiro atoms. The van der Waals surface area contributed by atoms with Gasteiger partial charge >= 0.3 is 0 Å². The zero-order valence-electron chi connectivity index (χ0n) is 13.9. The number of hydrogen-bond acceptors (Lipinski definition) is 4. The summed E-state index contributed by atoms with van der Waals surface area (Å²) < 4.78 is 29.2. The first-order chi connectivity index (χ1) is 11.4. The Bertz CT molecular complexity index is 751. The summed E-state index contributed by atoms with van der Waals surface area (Å²) in [7, 11) is -3.81. The van der Waals surface area contributed by atoms with Crippen LogP contribution in [0.5, 0.6) is 0 Å². The van der Waals surface area contributed by atoms with Gasteiger partial charge in [-0.05, 0) is 38.8 Å². The van der Waals surface area contributed by atoms with Gasteiger partial charge in [0, 0.05) is 6.04 Å². The molecule has 2 aliphatic rings. The maximum absolute atomic E-state index is 12.6. The molecule has 1 aliphatic heterocycles. The molecular formula is C17H22N2O3S2. The third-order valence-electron chi connectivity index (χ3n) is 4.53. The summed E-state index contributed by atoms with van der Waals surface area (Å²) in [6.07, 6.45) is 5.16. The average Bonchev–Trinajstić information content (AvgIpc) is 2.82. The van der Waals surface area contributed by atoms with Crippen LogP contribution in [-0.2, 0) is 14.8 Å². The predicted molar refractivity (Wildman–Crippen MR) is 96.6 cm³/mol. The van der Waals surface area contributed by atoms with Crippen LogP contribution >= 0.6 is 11.8 Å². The van der Waals surface area contributed by atoms with Crippen molar-refractivity contribution in [3.63, 3.8) is 0 Å². The molecule has 1 heterocycles. The van der Waals surface area contributed by atoms with Gasteiger partial charge in [-0.3, -0.25) is 9.69 Å². The molecule has 0 aromatic heterocycles. The van der Waals surface area contributed by atoms with E-state index in [0.29, 0.717) is 5.17 Å². The van der Waals surface area contributed by atoms with Crippen LogP contribution < -0.4 is 0 Å². The molecule has 24 heavy (non-hydrogen) atoms. The van der Waals surface area contributed by atoms with Crippen molar-refractivity contribution >= 4 is 32.9 Å². The fourth-order valence-electron chi connectivity index (χ4n) is 3.16. The van der Waals surface area contributed by atoms with E-state index in [1.807, 2.05) is 13.8 Å². The highest BCUT2D eigenvalue weighted by Gasteiger charge is 2.40. The van der Waals surface area contributed by atoms with Crippen LogP contribution in [0.25, 0.3) is 0 Å². The van der Waals surface area contributed by atoms with E-state index in [0.717, 1.165) is 31.2 Å². The number of benzene rings is 1. The minimum absolute atomic E-state index is 0.0234. The van der Waals surface area contributed by atoms with Crippen molar-refractivity contribution in [1.29, 1.82) is 0 Å². The van der Waals surface area contributed by atoms with Gasteiger partial charge in [0.2, 0.25) is 5.91 Å². The van der Waals surface area contributed by atoms with E-state index in [4.69, 9.17) is 0 Å². The number of amidine groups is 1. The highest BCUT2D eigenvalue weighted by molar-refractivity contribution is 8.16. The molecule has 0 bridgehead atoms. The number of nitrogens with zero attached hydrogens (tertiary/aromatic N) is 2. The van der Waals surface area contributed by atoms with E-state index in [-0.39, 0.29) is 22.1 Å². The second kappa shape index (κ2) is 6.88. The molecule has 3 rings (SSSR count). The maximum atomic E-state index is 12.6. The number of carbonyl (C=O) groups is 1. The van der Waals surface area contributed by atoms with Crippen molar-refractivity contribution in [2.45, 2.75) is 62.1 Å². The standard InChI is InChI=1S/C17H22N2O3S2/c1-12-8-10-15(11-9-12)24(21,22)18-17-19(16(20)13(2)23-17)14-6-4-3-5-7-14/h8-11,13-14H,3-7H2,1-2H3. The SMILES string of the molecule is Cc1ccc(S(=O)(=O)N=C2SC(C)C(=O)N2C2CCCCC2)cc1. The maximum Gasteiger partial charge on any atom is 0.284 e. The molecule has 1 saturated heterocycles. The average molecular weight is 367 g/mol. The van der Waals surface area contributed by atoms with Crippen LogP contribution in [0.2, 0.25) is 0 Å². The molecule has 7 heteroatoms. The van der Waals surface area contributed by atoms with Gasteiger partial charge in [-0.25, -0.2) is 0 Å². The highest BCUT2D eigenvalue weighted by atomic mass is 32.2. The third kappa shape index (κ3) is 3.52. The Balaban J connectivity index is 1.93. The van der Waals surface area contributed by atoms with Crippen LogP contribution in [-0.4, -0.2) is 35.7 Å². The number of carbonyl (C=O) groups excluding carboxylic acids is 1. The Morgan fingerprint density at radius 1 is 1.12 bits per heavy atom. The molecule has 0 radical (unpaired) electrons. The van der Waals surface area contributed by atoms with Crippen LogP contribution in [0.15, 0.2) is 33.6 Å². The highest BCUT2D eigenvalue weighted by Crippen LogP contribution is 2.34. The molecule has 1 aromatic rings. The van der Waals surface area contributed by atoms with Gasteiger partial charge in [-0.15, -0.1) is 4.40 Å². The summed E-state index contributed by atoms with van der Waals surface area (Å²) >= 11 is 1.25. The Morgan fingerprint density at radius 2 is 1.75 bits per heavy atom. The van der Waals surface area contributed by atoms with Crippen molar-refractivity contribution in [1.82, 2.24) is 4.90 Å². The van der Waals surface area contributed by atoms with E-state index in [2.05, 4.69) is 4.40 Å². The molecule has 0 N–H and O–H groups in total. The second-order valence-corrected chi connectivity index (χ2v) is 9.33. The van der Waals surface area contributed by atoms with Gasteiger partial charge in [0.25, 0.3) is 10.0 Å². The van der Waals surface area contributed by atoms with Crippen molar-refractivity contribution in [3.05, 3.63) is 29.8 Å². The zero-order valence-corrected chi connectivity index (χ0v) is 15.6. The van der Waals surface area contributed by atoms with Gasteiger partial charge < -0.3 is 0 Å². The molecule has 1 saturated carbocycles. The fourth-order valence-corrected chi connectivity index (χ4v) is 5.39. The summed E-state index contributed by atoms with van der Waals surface area (Å²) in [6.45, 7) is 3.71. The minimum Gasteiger partial charge on any atom is -0.287 e. The molecule has 1 amide bonds. The lowest BCUT2D eigenvalue weighted by molar-refractivity contribution is -0.127. The smallest absolute Gasteiger partial charge is 0.284 e. The summed E-state index contributed by atoms with van der Waals surface area (Å²) in [4.78, 5) is 14.3. The topological polar surface area (TPSA) is 66.8 Å². The van der Waals surface area contributed by atoms with E-state index in [1.165, 1.54) is 18.2 Å². The van der Waals surface area contributed by atoms with Crippen molar-refractivity contribution in [2.75, 3.05) is 0 Å². The lowest BCUT2D eigenvalue weighted by Gasteiger charge is -2.30. The van der Waals surface area contributed by atoms with Crippen LogP contribution in [0.1, 0.15) is 44.6 Å². The number of sulfonamides is 1. The van der Waals surface area contributed by atoms with E-state index < -0.39 is 10.0 Å². The predicted octanol–water partition coefficient (Wildman–Crippen LogP) is 3.34. The summed E-state index contributed by atoms with van der Waals surface area (Å²) in [5.41, 5.74) is 0.990. The zero-order chi connectivity index (χ0) is 17.3. The molecule has 1 atom stereocenters. The van der Waals surface area contributed by atoms with Gasteiger partial charge in [0.1, 0.15) is 0 Å². The van der Waals surface area contributed by atoms with Gasteiger partial charge in [-0.2, -0.15) is 8.42 Å². The van der Waals surface area contributed by atoms with E-state index in [9.17, 15) is 13.2 Å². The first kappa shape index (κ1) is 17.5. The van der Waals surface area contributed by atoms with Crippen molar-refractivity contribution in [2.24, 2.45) is 4.40 Å². The lowest BCUT2D eigenvalue weighted by atomic mass is 9.94. The fraction of sp³-hybridized carbons (Fsp3) is 0.529. The van der Waals surface area contributed by atoms with Crippen LogP contribution in [0, 0.1) is 6.92 Å². The number of rotatable bonds is 3. The molecule has 1 aromatic carbocycles. The number of aryl methyl sites for hydroxylation is 1. The number of hydrogen-bond donors (Lipinski definition) is 0. The normalized spacial score (nSPS) is 24.8. The first-order valence-corrected chi connectivity index (χ1v) is 10.6. The Morgan fingerprint density at radius 3 is 2.38 bits per heavy atom. The van der Waals surface area contributed by atoms with Crippen LogP contribution in [0.3, 0.4) is 0 Å². The molecule has 2 fully saturated rings. The molecule has 130 valence electrons. The number of thioether (sulfide) groups is 1. The summed E-state index contributed by atoms with van der Waals surface area (Å²) in [6, 6.07) is 6.70. The Labute approximate surface area is 147 Å². The molecule has 5 nitrogen and oxygen atoms in total. The van der Waals surface area contributed by atoms with Gasteiger partial charge in [-0.1, -0.05) is 48.7 Å². The third-order valence-corrected chi connectivity index (χ3v) is 6.98. The van der Waals surface area contributed by atoms with E-state index >= 15 is 0 Å². The molecule has 1 aliphatic carbocycles. The minimum atomic E-state index is -3.81. The van der Waals surface area contributed by atoms with E-state index in [1.54, 1.807) is 29.2 Å². The van der Waals surface area contributed by atoms with Gasteiger partial charge in [0.15, 0.2) is 5.17 Å². The Hall–Kier alpha value is -1.34. The molecule has 1 unspecified atom stereocenters. The first-order valence-electron chi connectivity index (χ1n) is 8.30. The molecular weight excluding hydrogens is 344 g/mol. The van der Waals surface area contributed by atoms with Crippen molar-refractivity contribution < 1.29 is 13.2 Å². The van der Waals surface area contributed by atoms with Gasteiger partial charge in [0.05, 0.1) is 10.1 Å². The summed E-state index contributed by atoms with van der Waals surface area (Å²) in [5.74, 6) is -0.0234. The Kier molecular flexibility index (Phi) is 5.01. The number of amides is 1. The van der Waals surface area contributed by atoms with Crippen molar-refractivity contribution in [3.8, 4) is 0 Å². The largest absolute Gasteiger partial charge is 0.287 e. The monoisotopic (exact) mass is 366 g/mol. The summed E-state index contributed by atoms with van der Waals surface area (Å²) in [5, 5.41) is 0.0545. The second-order valence-electron chi connectivity index (χ2n) is 6.42.